The molecule has 0 spiro atoms. The highest BCUT2D eigenvalue weighted by Gasteiger charge is 2.51. The summed E-state index contributed by atoms with van der Waals surface area (Å²) in [5.74, 6) is 0.689. The minimum atomic E-state index is 0.154. The van der Waals surface area contributed by atoms with Crippen LogP contribution in [0.1, 0.15) is 33.6 Å². The van der Waals surface area contributed by atoms with Crippen molar-refractivity contribution in [3.05, 3.63) is 28.2 Å². The zero-order valence-corrected chi connectivity index (χ0v) is 13.2. The van der Waals surface area contributed by atoms with Gasteiger partial charge in [-0.05, 0) is 25.1 Å². The molecule has 0 radical (unpaired) electrons. The van der Waals surface area contributed by atoms with E-state index in [2.05, 4.69) is 26.1 Å². The third-order valence-corrected chi connectivity index (χ3v) is 5.18. The molecule has 0 aromatic heterocycles. The first-order valence-electron chi connectivity index (χ1n) is 6.87. The van der Waals surface area contributed by atoms with Gasteiger partial charge in [-0.25, -0.2) is 0 Å². The summed E-state index contributed by atoms with van der Waals surface area (Å²) in [6, 6.07) is 6.04. The van der Waals surface area contributed by atoms with E-state index >= 15 is 0 Å². The predicted octanol–water partition coefficient (Wildman–Crippen LogP) is 4.54. The van der Waals surface area contributed by atoms with Crippen molar-refractivity contribution in [3.63, 3.8) is 0 Å². The van der Waals surface area contributed by atoms with Crippen LogP contribution < -0.4 is 10.1 Å². The molecule has 1 N–H and O–H groups in total. The van der Waals surface area contributed by atoms with Gasteiger partial charge in [0.2, 0.25) is 0 Å². The molecule has 1 aromatic carbocycles. The van der Waals surface area contributed by atoms with Crippen molar-refractivity contribution in [2.24, 2.45) is 5.41 Å². The molecule has 106 valence electrons. The zero-order valence-electron chi connectivity index (χ0n) is 11.7. The average molecular weight is 302 g/mol. The largest absolute Gasteiger partial charge is 0.488 e. The van der Waals surface area contributed by atoms with E-state index in [1.54, 1.807) is 6.07 Å². The van der Waals surface area contributed by atoms with Crippen molar-refractivity contribution < 1.29 is 4.74 Å². The van der Waals surface area contributed by atoms with Gasteiger partial charge in [0.25, 0.3) is 0 Å². The molecule has 3 unspecified atom stereocenters. The number of benzene rings is 1. The molecule has 0 heterocycles. The summed E-state index contributed by atoms with van der Waals surface area (Å²) >= 11 is 12.2. The van der Waals surface area contributed by atoms with Crippen LogP contribution >= 0.6 is 23.2 Å². The molecule has 1 saturated carbocycles. The third kappa shape index (κ3) is 2.72. The Bertz CT molecular complexity index is 452. The maximum Gasteiger partial charge on any atom is 0.139 e. The lowest BCUT2D eigenvalue weighted by atomic mass is 9.61. The van der Waals surface area contributed by atoms with E-state index in [0.29, 0.717) is 21.8 Å². The number of nitrogens with one attached hydrogen (secondary N) is 1. The highest BCUT2D eigenvalue weighted by Crippen LogP contribution is 2.47. The van der Waals surface area contributed by atoms with Crippen molar-refractivity contribution in [3.8, 4) is 5.75 Å². The van der Waals surface area contributed by atoms with E-state index in [9.17, 15) is 0 Å². The molecule has 0 aliphatic heterocycles. The molecule has 2 rings (SSSR count). The van der Waals surface area contributed by atoms with Crippen LogP contribution in [0.4, 0.5) is 0 Å². The summed E-state index contributed by atoms with van der Waals surface area (Å²) < 4.78 is 6.09. The van der Waals surface area contributed by atoms with Crippen LogP contribution in [-0.4, -0.2) is 18.7 Å². The molecular formula is C15H21Cl2NO. The summed E-state index contributed by atoms with van der Waals surface area (Å²) in [7, 11) is 0. The molecule has 0 saturated heterocycles. The Hall–Kier alpha value is -0.440. The summed E-state index contributed by atoms with van der Waals surface area (Å²) in [4.78, 5) is 0. The maximum atomic E-state index is 6.18. The first-order valence-corrected chi connectivity index (χ1v) is 7.62. The van der Waals surface area contributed by atoms with Gasteiger partial charge in [0.15, 0.2) is 0 Å². The minimum Gasteiger partial charge on any atom is -0.488 e. The summed E-state index contributed by atoms with van der Waals surface area (Å²) in [6.07, 6.45) is 2.28. The summed E-state index contributed by atoms with van der Waals surface area (Å²) in [6.45, 7) is 7.61. The van der Waals surface area contributed by atoms with Crippen LogP contribution in [-0.2, 0) is 0 Å². The number of hydrogen-bond acceptors (Lipinski definition) is 2. The Balaban J connectivity index is 2.10. The topological polar surface area (TPSA) is 21.3 Å². The average Bonchev–Trinajstić information content (AvgIpc) is 2.41. The third-order valence-electron chi connectivity index (χ3n) is 4.38. The van der Waals surface area contributed by atoms with Gasteiger partial charge in [-0.1, -0.05) is 50.0 Å². The molecule has 1 aromatic rings. The summed E-state index contributed by atoms with van der Waals surface area (Å²) in [5, 5.41) is 4.58. The fraction of sp³-hybridized carbons (Fsp3) is 0.600. The van der Waals surface area contributed by atoms with Crippen LogP contribution in [0.5, 0.6) is 5.75 Å². The second-order valence-corrected chi connectivity index (χ2v) is 6.15. The van der Waals surface area contributed by atoms with Gasteiger partial charge in [0.05, 0.1) is 5.02 Å². The normalized spacial score (nSPS) is 29.9. The first-order chi connectivity index (χ1) is 9.02. The van der Waals surface area contributed by atoms with Gasteiger partial charge >= 0.3 is 0 Å². The Morgan fingerprint density at radius 3 is 2.74 bits per heavy atom. The van der Waals surface area contributed by atoms with Gasteiger partial charge in [-0.15, -0.1) is 0 Å². The lowest BCUT2D eigenvalue weighted by Gasteiger charge is -2.53. The fourth-order valence-corrected chi connectivity index (χ4v) is 3.10. The van der Waals surface area contributed by atoms with Crippen molar-refractivity contribution >= 4 is 23.2 Å². The van der Waals surface area contributed by atoms with Crippen molar-refractivity contribution in [1.29, 1.82) is 0 Å². The SMILES string of the molecule is CCNC1CC(Oc2cccc(Cl)c2Cl)C1(C)CC. The molecular weight excluding hydrogens is 281 g/mol. The van der Waals surface area contributed by atoms with Gasteiger partial charge in [0.1, 0.15) is 16.9 Å². The lowest BCUT2D eigenvalue weighted by molar-refractivity contribution is -0.0696. The van der Waals surface area contributed by atoms with E-state index in [0.717, 1.165) is 19.4 Å². The number of rotatable bonds is 5. The molecule has 4 heteroatoms. The summed E-state index contributed by atoms with van der Waals surface area (Å²) in [5.41, 5.74) is 0.154. The van der Waals surface area contributed by atoms with Gasteiger partial charge in [-0.2, -0.15) is 0 Å². The second-order valence-electron chi connectivity index (χ2n) is 5.36. The van der Waals surface area contributed by atoms with Gasteiger partial charge in [-0.3, -0.25) is 0 Å². The first kappa shape index (κ1) is 15.0. The van der Waals surface area contributed by atoms with Gasteiger partial charge < -0.3 is 10.1 Å². The lowest BCUT2D eigenvalue weighted by Crippen LogP contribution is -2.63. The molecule has 0 amide bonds. The molecule has 3 atom stereocenters. The van der Waals surface area contributed by atoms with Crippen LogP contribution in [0.3, 0.4) is 0 Å². The Labute approximate surface area is 125 Å². The van der Waals surface area contributed by atoms with Crippen LogP contribution in [0.25, 0.3) is 0 Å². The monoisotopic (exact) mass is 301 g/mol. The van der Waals surface area contributed by atoms with Crippen molar-refractivity contribution in [1.82, 2.24) is 5.32 Å². The van der Waals surface area contributed by atoms with Crippen LogP contribution in [0.15, 0.2) is 18.2 Å². The van der Waals surface area contributed by atoms with E-state index in [1.165, 1.54) is 0 Å². The minimum absolute atomic E-state index is 0.154. The van der Waals surface area contributed by atoms with Crippen molar-refractivity contribution in [2.75, 3.05) is 6.54 Å². The smallest absolute Gasteiger partial charge is 0.139 e. The number of hydrogen-bond donors (Lipinski definition) is 1. The number of halogens is 2. The van der Waals surface area contributed by atoms with Crippen molar-refractivity contribution in [2.45, 2.75) is 45.8 Å². The fourth-order valence-electron chi connectivity index (χ4n) is 2.76. The van der Waals surface area contributed by atoms with E-state index in [-0.39, 0.29) is 11.5 Å². The number of ether oxygens (including phenoxy) is 1. The van der Waals surface area contributed by atoms with Gasteiger partial charge in [0, 0.05) is 17.9 Å². The molecule has 2 nitrogen and oxygen atoms in total. The highest BCUT2D eigenvalue weighted by molar-refractivity contribution is 6.42. The maximum absolute atomic E-state index is 6.18. The quantitative estimate of drug-likeness (QED) is 0.862. The highest BCUT2D eigenvalue weighted by atomic mass is 35.5. The Kier molecular flexibility index (Phi) is 4.65. The standard InChI is InChI=1S/C15H21Cl2NO/c1-4-15(3)12(18-5-2)9-13(15)19-11-8-6-7-10(16)14(11)17/h6-8,12-13,18H,4-5,9H2,1-3H3. The molecule has 0 bridgehead atoms. The Morgan fingerprint density at radius 2 is 2.11 bits per heavy atom. The molecule has 1 fully saturated rings. The predicted molar refractivity (Wildman–Crippen MR) is 81.4 cm³/mol. The molecule has 19 heavy (non-hydrogen) atoms. The van der Waals surface area contributed by atoms with Crippen LogP contribution in [0, 0.1) is 5.41 Å². The van der Waals surface area contributed by atoms with E-state index in [1.807, 2.05) is 12.1 Å². The molecule has 1 aliphatic carbocycles. The second kappa shape index (κ2) is 5.90. The van der Waals surface area contributed by atoms with E-state index in [4.69, 9.17) is 27.9 Å². The van der Waals surface area contributed by atoms with E-state index < -0.39 is 0 Å². The zero-order chi connectivity index (χ0) is 14.0. The van der Waals surface area contributed by atoms with Crippen LogP contribution in [0.2, 0.25) is 10.0 Å². The molecule has 1 aliphatic rings. The Morgan fingerprint density at radius 1 is 1.37 bits per heavy atom.